The summed E-state index contributed by atoms with van der Waals surface area (Å²) < 4.78 is 5.19. The van der Waals surface area contributed by atoms with Crippen molar-refractivity contribution in [1.82, 2.24) is 19.7 Å². The molecule has 41 heavy (non-hydrogen) atoms. The van der Waals surface area contributed by atoms with E-state index >= 15 is 0 Å². The lowest BCUT2D eigenvalue weighted by Crippen LogP contribution is -2.56. The maximum Gasteiger partial charge on any atom is 0.322 e. The number of para-hydroxylation sites is 1. The van der Waals surface area contributed by atoms with Crippen LogP contribution in [0.15, 0.2) is 42.6 Å². The normalized spacial score (nSPS) is 18.4. The summed E-state index contributed by atoms with van der Waals surface area (Å²) in [5.41, 5.74) is 1.36. The Bertz CT molecular complexity index is 1310. The number of anilines is 2. The van der Waals surface area contributed by atoms with Crippen molar-refractivity contribution in [1.29, 1.82) is 0 Å². The van der Waals surface area contributed by atoms with Crippen molar-refractivity contribution in [3.8, 4) is 0 Å². The first kappa shape index (κ1) is 28.4. The largest absolute Gasteiger partial charge is 0.450 e. The molecule has 0 saturated carbocycles. The second-order valence-electron chi connectivity index (χ2n) is 11.3. The molecule has 0 radical (unpaired) electrons. The lowest BCUT2D eigenvalue weighted by molar-refractivity contribution is -0.169. The molecule has 0 bridgehead atoms. The summed E-state index contributed by atoms with van der Waals surface area (Å²) in [5, 5.41) is 3.06. The number of esters is 1. The van der Waals surface area contributed by atoms with Crippen LogP contribution in [-0.4, -0.2) is 101 Å². The van der Waals surface area contributed by atoms with Gasteiger partial charge in [0.1, 0.15) is 5.82 Å². The zero-order valence-corrected chi connectivity index (χ0v) is 24.0. The lowest BCUT2D eigenvalue weighted by atomic mass is 10.0. The molecule has 11 nitrogen and oxygen atoms in total. The predicted molar refractivity (Wildman–Crippen MR) is 154 cm³/mol. The number of hydrogen-bond acceptors (Lipinski definition) is 7. The smallest absolute Gasteiger partial charge is 0.322 e. The van der Waals surface area contributed by atoms with Crippen LogP contribution in [0.25, 0.3) is 0 Å². The van der Waals surface area contributed by atoms with Gasteiger partial charge in [-0.05, 0) is 56.9 Å². The van der Waals surface area contributed by atoms with E-state index in [1.807, 2.05) is 29.2 Å². The highest BCUT2D eigenvalue weighted by atomic mass is 16.6. The Kier molecular flexibility index (Phi) is 8.14. The van der Waals surface area contributed by atoms with E-state index in [0.29, 0.717) is 38.3 Å². The Labute approximate surface area is 240 Å². The van der Waals surface area contributed by atoms with Gasteiger partial charge < -0.3 is 29.7 Å². The van der Waals surface area contributed by atoms with E-state index in [1.165, 1.54) is 6.92 Å². The molecule has 218 valence electrons. The number of aromatic nitrogens is 1. The number of rotatable bonds is 5. The summed E-state index contributed by atoms with van der Waals surface area (Å²) in [6.07, 6.45) is 4.13. The minimum Gasteiger partial charge on any atom is -0.450 e. The second kappa shape index (κ2) is 11.8. The molecule has 1 aromatic carbocycles. The zero-order chi connectivity index (χ0) is 29.1. The fourth-order valence-electron chi connectivity index (χ4n) is 5.95. The van der Waals surface area contributed by atoms with Gasteiger partial charge in [-0.1, -0.05) is 18.2 Å². The van der Waals surface area contributed by atoms with E-state index in [-0.39, 0.29) is 23.9 Å². The van der Waals surface area contributed by atoms with Crippen molar-refractivity contribution < 1.29 is 23.9 Å². The van der Waals surface area contributed by atoms with Crippen LogP contribution in [0.3, 0.4) is 0 Å². The summed E-state index contributed by atoms with van der Waals surface area (Å²) >= 11 is 0. The number of amides is 4. The fourth-order valence-corrected chi connectivity index (χ4v) is 5.95. The quantitative estimate of drug-likeness (QED) is 0.558. The van der Waals surface area contributed by atoms with Crippen molar-refractivity contribution >= 4 is 35.3 Å². The van der Waals surface area contributed by atoms with Crippen LogP contribution < -0.4 is 10.2 Å². The molecular weight excluding hydrogens is 524 g/mol. The molecule has 4 amide bonds. The molecular formula is C30H38N6O5. The third-order valence-corrected chi connectivity index (χ3v) is 8.13. The SMILES string of the molecule is CC(=O)OC(C)(C)C(=O)N1CCN(C(=O)c2ccnc(N3CCC(N4CCc5ccccc5NC4=O)CC3)c2)CC1. The second-order valence-corrected chi connectivity index (χ2v) is 11.3. The number of carbonyl (C=O) groups excluding carboxylic acids is 4. The molecule has 11 heteroatoms. The third kappa shape index (κ3) is 6.28. The number of piperidine rings is 1. The number of carbonyl (C=O) groups is 4. The average molecular weight is 563 g/mol. The number of urea groups is 1. The Morgan fingerprint density at radius 2 is 1.63 bits per heavy atom. The van der Waals surface area contributed by atoms with Crippen molar-refractivity contribution in [3.63, 3.8) is 0 Å². The maximum atomic E-state index is 13.3. The molecule has 0 aliphatic carbocycles. The van der Waals surface area contributed by atoms with Gasteiger partial charge in [0, 0.05) is 76.2 Å². The zero-order valence-electron chi connectivity index (χ0n) is 24.0. The molecule has 1 aromatic heterocycles. The number of pyridine rings is 1. The molecule has 2 fully saturated rings. The standard InChI is InChI=1S/C30H38N6O5/c1-21(37)41-30(2,3)28(39)35-18-16-34(17-19-35)27(38)23-8-12-31-26(20-23)33-13-10-24(11-14-33)36-15-9-22-6-4-5-7-25(22)32-29(36)40/h4-8,12,20,24H,9-11,13-19H2,1-3H3,(H,32,40). The summed E-state index contributed by atoms with van der Waals surface area (Å²) in [5.74, 6) is -0.125. The van der Waals surface area contributed by atoms with Gasteiger partial charge >= 0.3 is 12.0 Å². The number of piperazine rings is 1. The van der Waals surface area contributed by atoms with Crippen molar-refractivity contribution in [2.45, 2.75) is 51.7 Å². The van der Waals surface area contributed by atoms with E-state index in [2.05, 4.69) is 21.3 Å². The first-order valence-corrected chi connectivity index (χ1v) is 14.3. The van der Waals surface area contributed by atoms with Gasteiger partial charge in [0.05, 0.1) is 0 Å². The molecule has 2 aromatic rings. The van der Waals surface area contributed by atoms with Crippen LogP contribution in [0.5, 0.6) is 0 Å². The van der Waals surface area contributed by atoms with E-state index in [9.17, 15) is 19.2 Å². The summed E-state index contributed by atoms with van der Waals surface area (Å²) in [6.45, 7) is 8.15. The highest BCUT2D eigenvalue weighted by Gasteiger charge is 2.37. The van der Waals surface area contributed by atoms with Crippen molar-refractivity contribution in [2.75, 3.05) is 56.0 Å². The molecule has 2 saturated heterocycles. The van der Waals surface area contributed by atoms with Crippen molar-refractivity contribution in [2.24, 2.45) is 0 Å². The average Bonchev–Trinajstić information content (AvgIpc) is 3.14. The number of benzene rings is 1. The highest BCUT2D eigenvalue weighted by molar-refractivity contribution is 5.95. The molecule has 3 aliphatic rings. The Morgan fingerprint density at radius 3 is 2.34 bits per heavy atom. The number of nitrogens with zero attached hydrogens (tertiary/aromatic N) is 5. The Morgan fingerprint density at radius 1 is 0.951 bits per heavy atom. The van der Waals surface area contributed by atoms with Gasteiger partial charge in [-0.25, -0.2) is 9.78 Å². The minimum atomic E-state index is -1.24. The van der Waals surface area contributed by atoms with E-state index in [0.717, 1.165) is 49.4 Å². The first-order chi connectivity index (χ1) is 19.6. The van der Waals surface area contributed by atoms with E-state index in [4.69, 9.17) is 4.74 Å². The first-order valence-electron chi connectivity index (χ1n) is 14.3. The molecule has 3 aliphatic heterocycles. The molecule has 1 N–H and O–H groups in total. The Balaban J connectivity index is 1.15. The number of fused-ring (bicyclic) bond motifs is 1. The van der Waals surface area contributed by atoms with Gasteiger partial charge in [0.25, 0.3) is 11.8 Å². The molecule has 5 rings (SSSR count). The van der Waals surface area contributed by atoms with Gasteiger partial charge in [0.15, 0.2) is 5.60 Å². The highest BCUT2D eigenvalue weighted by Crippen LogP contribution is 2.26. The van der Waals surface area contributed by atoms with Crippen LogP contribution in [0.2, 0.25) is 0 Å². The number of hydrogen-bond donors (Lipinski definition) is 1. The predicted octanol–water partition coefficient (Wildman–Crippen LogP) is 2.77. The van der Waals surface area contributed by atoms with Crippen LogP contribution in [0, 0.1) is 0 Å². The number of nitrogens with one attached hydrogen (secondary N) is 1. The topological polar surface area (TPSA) is 115 Å². The maximum absolute atomic E-state index is 13.3. The van der Waals surface area contributed by atoms with Gasteiger partial charge in [0.2, 0.25) is 0 Å². The summed E-state index contributed by atoms with van der Waals surface area (Å²) in [6, 6.07) is 11.6. The van der Waals surface area contributed by atoms with Crippen molar-refractivity contribution in [3.05, 3.63) is 53.7 Å². The monoisotopic (exact) mass is 562 g/mol. The van der Waals surface area contributed by atoms with E-state index in [1.54, 1.807) is 35.9 Å². The summed E-state index contributed by atoms with van der Waals surface area (Å²) in [4.78, 5) is 62.5. The van der Waals surface area contributed by atoms with Gasteiger partial charge in [-0.15, -0.1) is 0 Å². The van der Waals surface area contributed by atoms with Crippen LogP contribution in [-0.2, 0) is 20.7 Å². The third-order valence-electron chi connectivity index (χ3n) is 8.13. The summed E-state index contributed by atoms with van der Waals surface area (Å²) in [7, 11) is 0. The van der Waals surface area contributed by atoms with Gasteiger partial charge in [-0.3, -0.25) is 14.4 Å². The van der Waals surface area contributed by atoms with Crippen LogP contribution in [0.1, 0.15) is 49.5 Å². The van der Waals surface area contributed by atoms with Crippen LogP contribution >= 0.6 is 0 Å². The lowest BCUT2D eigenvalue weighted by Gasteiger charge is -2.39. The minimum absolute atomic E-state index is 0.0455. The number of ether oxygens (including phenoxy) is 1. The molecule has 0 spiro atoms. The molecule has 4 heterocycles. The Hall–Kier alpha value is -4.15. The molecule has 0 atom stereocenters. The van der Waals surface area contributed by atoms with Gasteiger partial charge in [-0.2, -0.15) is 0 Å². The van der Waals surface area contributed by atoms with Crippen LogP contribution in [0.4, 0.5) is 16.3 Å². The fraction of sp³-hybridized carbons (Fsp3) is 0.500. The molecule has 0 unspecified atom stereocenters. The van der Waals surface area contributed by atoms with E-state index < -0.39 is 11.6 Å².